The van der Waals surface area contributed by atoms with E-state index in [1.807, 2.05) is 35.7 Å². The molecule has 1 aromatic carbocycles. The summed E-state index contributed by atoms with van der Waals surface area (Å²) >= 11 is 3.03. The van der Waals surface area contributed by atoms with Crippen molar-refractivity contribution < 1.29 is 9.90 Å². The summed E-state index contributed by atoms with van der Waals surface area (Å²) in [6.07, 6.45) is -0.706. The summed E-state index contributed by atoms with van der Waals surface area (Å²) < 4.78 is 1.13. The number of hydrogen-bond donors (Lipinski definition) is 3. The number of carbonyl (C=O) groups is 1. The number of hydrogen-bond acceptors (Lipinski definition) is 5. The lowest BCUT2D eigenvalue weighted by molar-refractivity contribution is 0.176. The number of carbonyl (C=O) groups excluding carboxylic acids is 1. The highest BCUT2D eigenvalue weighted by molar-refractivity contribution is 7.19. The van der Waals surface area contributed by atoms with Crippen molar-refractivity contribution in [3.05, 3.63) is 51.8 Å². The summed E-state index contributed by atoms with van der Waals surface area (Å²) in [4.78, 5) is 16.6. The van der Waals surface area contributed by atoms with Crippen molar-refractivity contribution >= 4 is 38.8 Å². The summed E-state index contributed by atoms with van der Waals surface area (Å²) in [5.41, 5.74) is 2.55. The summed E-state index contributed by atoms with van der Waals surface area (Å²) in [5.74, 6) is 0. The minimum absolute atomic E-state index is 0.176. The summed E-state index contributed by atoms with van der Waals surface area (Å²) in [7, 11) is 0. The SMILES string of the molecule is O=C(NCc1cscn1)NCC(O)c1cc2ccccc2s1. The van der Waals surface area contributed by atoms with Crippen LogP contribution in [0.4, 0.5) is 4.79 Å². The standard InChI is InChI=1S/C15H15N3O2S2/c19-12(14-5-10-3-1-2-4-13(10)22-14)7-17-15(20)16-6-11-8-21-9-18-11/h1-5,8-9,12,19H,6-7H2,(H2,16,17,20). The lowest BCUT2D eigenvalue weighted by Crippen LogP contribution is -2.37. The first-order chi connectivity index (χ1) is 10.7. The number of nitrogens with one attached hydrogen (secondary N) is 2. The van der Waals surface area contributed by atoms with E-state index in [0.717, 1.165) is 20.7 Å². The smallest absolute Gasteiger partial charge is 0.315 e. The Morgan fingerprint density at radius 2 is 2.18 bits per heavy atom. The molecule has 2 heterocycles. The molecule has 114 valence electrons. The number of thiophene rings is 1. The fraction of sp³-hybridized carbons (Fsp3) is 0.200. The molecule has 0 saturated carbocycles. The average molecular weight is 333 g/mol. The molecule has 0 saturated heterocycles. The predicted molar refractivity (Wildman–Crippen MR) is 89.1 cm³/mol. The lowest BCUT2D eigenvalue weighted by Gasteiger charge is -2.10. The Kier molecular flexibility index (Phi) is 4.67. The Balaban J connectivity index is 1.51. The normalized spacial score (nSPS) is 12.2. The molecule has 3 rings (SSSR count). The van der Waals surface area contributed by atoms with Crippen molar-refractivity contribution in [1.82, 2.24) is 15.6 Å². The van der Waals surface area contributed by atoms with E-state index in [2.05, 4.69) is 15.6 Å². The molecule has 1 atom stereocenters. The molecular weight excluding hydrogens is 318 g/mol. The second-order valence-electron chi connectivity index (χ2n) is 4.75. The van der Waals surface area contributed by atoms with Crippen molar-refractivity contribution in [2.75, 3.05) is 6.54 Å². The molecule has 0 fully saturated rings. The number of thiazole rings is 1. The van der Waals surface area contributed by atoms with E-state index >= 15 is 0 Å². The molecule has 3 N–H and O–H groups in total. The first kappa shape index (κ1) is 15.0. The molecule has 7 heteroatoms. The van der Waals surface area contributed by atoms with E-state index in [-0.39, 0.29) is 12.6 Å². The van der Waals surface area contributed by atoms with Crippen LogP contribution in [0.3, 0.4) is 0 Å². The summed E-state index contributed by atoms with van der Waals surface area (Å²) in [5, 5.41) is 18.5. The van der Waals surface area contributed by atoms with Crippen molar-refractivity contribution in [3.63, 3.8) is 0 Å². The van der Waals surface area contributed by atoms with Gasteiger partial charge in [-0.05, 0) is 17.5 Å². The molecule has 0 radical (unpaired) electrons. The first-order valence-electron chi connectivity index (χ1n) is 6.77. The van der Waals surface area contributed by atoms with E-state index in [1.165, 1.54) is 22.7 Å². The van der Waals surface area contributed by atoms with Crippen LogP contribution < -0.4 is 10.6 Å². The van der Waals surface area contributed by atoms with E-state index in [4.69, 9.17) is 0 Å². The van der Waals surface area contributed by atoms with Crippen LogP contribution in [-0.2, 0) is 6.54 Å². The maximum atomic E-state index is 11.7. The van der Waals surface area contributed by atoms with Gasteiger partial charge in [-0.3, -0.25) is 0 Å². The van der Waals surface area contributed by atoms with Crippen molar-refractivity contribution in [3.8, 4) is 0 Å². The van der Waals surface area contributed by atoms with Gasteiger partial charge in [0, 0.05) is 15.0 Å². The third-order valence-corrected chi connectivity index (χ3v) is 5.00. The van der Waals surface area contributed by atoms with Crippen LogP contribution in [-0.4, -0.2) is 22.7 Å². The van der Waals surface area contributed by atoms with Gasteiger partial charge in [0.25, 0.3) is 0 Å². The zero-order chi connectivity index (χ0) is 15.4. The molecular formula is C15H15N3O2S2. The van der Waals surface area contributed by atoms with E-state index in [1.54, 1.807) is 5.51 Å². The molecule has 1 unspecified atom stereocenters. The van der Waals surface area contributed by atoms with Gasteiger partial charge in [-0.1, -0.05) is 18.2 Å². The predicted octanol–water partition coefficient (Wildman–Crippen LogP) is 2.89. The van der Waals surface area contributed by atoms with Gasteiger partial charge in [0.15, 0.2) is 0 Å². The van der Waals surface area contributed by atoms with Gasteiger partial charge in [0.2, 0.25) is 0 Å². The molecule has 3 aromatic rings. The molecule has 0 aliphatic rings. The molecule has 5 nitrogen and oxygen atoms in total. The number of nitrogens with zero attached hydrogens (tertiary/aromatic N) is 1. The van der Waals surface area contributed by atoms with Crippen LogP contribution in [0.2, 0.25) is 0 Å². The fourth-order valence-corrected chi connectivity index (χ4v) is 3.62. The van der Waals surface area contributed by atoms with Gasteiger partial charge in [0.05, 0.1) is 24.3 Å². The Morgan fingerprint density at radius 1 is 1.32 bits per heavy atom. The Hall–Kier alpha value is -1.96. The van der Waals surface area contributed by atoms with Crippen LogP contribution in [0, 0.1) is 0 Å². The number of aliphatic hydroxyl groups excluding tert-OH is 1. The van der Waals surface area contributed by atoms with E-state index in [0.29, 0.717) is 6.54 Å². The maximum Gasteiger partial charge on any atom is 0.315 e. The van der Waals surface area contributed by atoms with Crippen LogP contribution in [0.5, 0.6) is 0 Å². The van der Waals surface area contributed by atoms with Gasteiger partial charge >= 0.3 is 6.03 Å². The highest BCUT2D eigenvalue weighted by Crippen LogP contribution is 2.29. The third-order valence-electron chi connectivity index (χ3n) is 3.14. The number of amides is 2. The van der Waals surface area contributed by atoms with Gasteiger partial charge in [0.1, 0.15) is 6.10 Å². The zero-order valence-electron chi connectivity index (χ0n) is 11.7. The number of benzene rings is 1. The molecule has 0 spiro atoms. The molecule has 0 aliphatic heterocycles. The van der Waals surface area contributed by atoms with Gasteiger partial charge < -0.3 is 15.7 Å². The average Bonchev–Trinajstić information content (AvgIpc) is 3.19. The van der Waals surface area contributed by atoms with Crippen LogP contribution in [0.1, 0.15) is 16.7 Å². The molecule has 0 aliphatic carbocycles. The highest BCUT2D eigenvalue weighted by atomic mass is 32.1. The number of fused-ring (bicyclic) bond motifs is 1. The second-order valence-corrected chi connectivity index (χ2v) is 6.58. The number of aliphatic hydroxyl groups is 1. The molecule has 0 bridgehead atoms. The van der Waals surface area contributed by atoms with Gasteiger partial charge in [-0.25, -0.2) is 9.78 Å². The quantitative estimate of drug-likeness (QED) is 0.672. The second kappa shape index (κ2) is 6.87. The maximum absolute atomic E-state index is 11.7. The highest BCUT2D eigenvalue weighted by Gasteiger charge is 2.12. The minimum atomic E-state index is -0.706. The van der Waals surface area contributed by atoms with Gasteiger partial charge in [-0.2, -0.15) is 0 Å². The van der Waals surface area contributed by atoms with E-state index in [9.17, 15) is 9.90 Å². The molecule has 2 aromatic heterocycles. The Labute approximate surface area is 135 Å². The van der Waals surface area contributed by atoms with Crippen molar-refractivity contribution in [2.45, 2.75) is 12.6 Å². The molecule has 22 heavy (non-hydrogen) atoms. The molecule has 2 amide bonds. The number of urea groups is 1. The largest absolute Gasteiger partial charge is 0.386 e. The number of aromatic nitrogens is 1. The van der Waals surface area contributed by atoms with Crippen molar-refractivity contribution in [2.24, 2.45) is 0 Å². The lowest BCUT2D eigenvalue weighted by atomic mass is 10.2. The van der Waals surface area contributed by atoms with Gasteiger partial charge in [-0.15, -0.1) is 22.7 Å². The fourth-order valence-electron chi connectivity index (χ4n) is 2.01. The van der Waals surface area contributed by atoms with Crippen molar-refractivity contribution in [1.29, 1.82) is 0 Å². The Morgan fingerprint density at radius 3 is 2.95 bits per heavy atom. The van der Waals surface area contributed by atoms with Crippen LogP contribution >= 0.6 is 22.7 Å². The van der Waals surface area contributed by atoms with Crippen LogP contribution in [0.15, 0.2) is 41.2 Å². The van der Waals surface area contributed by atoms with Crippen LogP contribution in [0.25, 0.3) is 10.1 Å². The Bertz CT molecular complexity index is 722. The monoisotopic (exact) mass is 333 g/mol. The third kappa shape index (κ3) is 3.62. The zero-order valence-corrected chi connectivity index (χ0v) is 13.3. The first-order valence-corrected chi connectivity index (χ1v) is 8.53. The summed E-state index contributed by atoms with van der Waals surface area (Å²) in [6, 6.07) is 9.61. The number of rotatable bonds is 5. The minimum Gasteiger partial charge on any atom is -0.386 e. The summed E-state index contributed by atoms with van der Waals surface area (Å²) in [6.45, 7) is 0.560. The van der Waals surface area contributed by atoms with E-state index < -0.39 is 6.10 Å². The topological polar surface area (TPSA) is 74.2 Å².